The first kappa shape index (κ1) is 22.2. The van der Waals surface area contributed by atoms with Crippen molar-refractivity contribution in [2.24, 2.45) is 0 Å². The lowest BCUT2D eigenvalue weighted by molar-refractivity contribution is -0.137. The first-order valence-electron chi connectivity index (χ1n) is 11.0. The summed E-state index contributed by atoms with van der Waals surface area (Å²) in [7, 11) is 0. The molecule has 1 saturated heterocycles. The van der Waals surface area contributed by atoms with Crippen LogP contribution < -0.4 is 9.64 Å². The molecule has 1 fully saturated rings. The Morgan fingerprint density at radius 2 is 1.91 bits per heavy atom. The lowest BCUT2D eigenvalue weighted by Crippen LogP contribution is -2.42. The number of halogens is 1. The van der Waals surface area contributed by atoms with Crippen LogP contribution in [-0.4, -0.2) is 53.3 Å². The molecule has 0 saturated carbocycles. The third kappa shape index (κ3) is 5.07. The molecule has 0 aliphatic carbocycles. The Labute approximate surface area is 194 Å². The molecule has 1 aliphatic rings. The van der Waals surface area contributed by atoms with E-state index < -0.39 is 6.10 Å². The standard InChI is InChI=1S/C25H29ClN4O2/c1-17-8-9-20(14-18(17)2)23-16-24(28-27-23)29-10-5-11-30(13-12-29)25(31)19(3)32-22-7-4-6-21(26)15-22/h4,6-9,14-16,19H,5,10-13H2,1-3H3,(H,27,28). The molecule has 2 heterocycles. The molecular formula is C25H29ClN4O2. The Morgan fingerprint density at radius 3 is 2.69 bits per heavy atom. The van der Waals surface area contributed by atoms with Gasteiger partial charge in [-0.25, -0.2) is 0 Å². The van der Waals surface area contributed by atoms with E-state index in [2.05, 4.69) is 53.2 Å². The van der Waals surface area contributed by atoms with Crippen LogP contribution in [-0.2, 0) is 4.79 Å². The molecule has 0 bridgehead atoms. The number of rotatable bonds is 5. The number of H-pyrrole nitrogens is 1. The highest BCUT2D eigenvalue weighted by Crippen LogP contribution is 2.25. The smallest absolute Gasteiger partial charge is 0.263 e. The van der Waals surface area contributed by atoms with Crippen LogP contribution >= 0.6 is 11.6 Å². The van der Waals surface area contributed by atoms with Gasteiger partial charge < -0.3 is 14.5 Å². The predicted octanol–water partition coefficient (Wildman–Crippen LogP) is 4.85. The summed E-state index contributed by atoms with van der Waals surface area (Å²) in [5, 5.41) is 8.30. The highest BCUT2D eigenvalue weighted by molar-refractivity contribution is 6.30. The number of nitrogens with one attached hydrogen (secondary N) is 1. The zero-order valence-corrected chi connectivity index (χ0v) is 19.5. The van der Waals surface area contributed by atoms with Crippen molar-refractivity contribution < 1.29 is 9.53 Å². The SMILES string of the molecule is Cc1ccc(-c2cc(N3CCCN(C(=O)C(C)Oc4cccc(Cl)c4)CC3)n[nH]2)cc1C. The van der Waals surface area contributed by atoms with Crippen LogP contribution in [0.2, 0.25) is 5.02 Å². The van der Waals surface area contributed by atoms with Crippen LogP contribution in [0.4, 0.5) is 5.82 Å². The van der Waals surface area contributed by atoms with Crippen molar-refractivity contribution in [3.8, 4) is 17.0 Å². The van der Waals surface area contributed by atoms with Crippen LogP contribution in [0.3, 0.4) is 0 Å². The number of aromatic nitrogens is 2. The van der Waals surface area contributed by atoms with E-state index in [1.165, 1.54) is 11.1 Å². The van der Waals surface area contributed by atoms with E-state index in [-0.39, 0.29) is 5.91 Å². The van der Waals surface area contributed by atoms with Crippen molar-refractivity contribution in [2.45, 2.75) is 33.3 Å². The molecule has 4 rings (SSSR count). The fraction of sp³-hybridized carbons (Fsp3) is 0.360. The number of hydrogen-bond donors (Lipinski definition) is 1. The quantitative estimate of drug-likeness (QED) is 0.601. The predicted molar refractivity (Wildman–Crippen MR) is 128 cm³/mol. The van der Waals surface area contributed by atoms with E-state index in [1.807, 2.05) is 17.0 Å². The van der Waals surface area contributed by atoms with Gasteiger partial charge in [-0.2, -0.15) is 5.10 Å². The fourth-order valence-corrected chi connectivity index (χ4v) is 4.13. The van der Waals surface area contributed by atoms with Crippen molar-refractivity contribution in [1.29, 1.82) is 0 Å². The van der Waals surface area contributed by atoms with Crippen LogP contribution in [0, 0.1) is 13.8 Å². The molecule has 0 radical (unpaired) electrons. The third-order valence-corrected chi connectivity index (χ3v) is 6.21. The molecule has 1 amide bonds. The van der Waals surface area contributed by atoms with E-state index in [4.69, 9.17) is 16.3 Å². The summed E-state index contributed by atoms with van der Waals surface area (Å²) in [6, 6.07) is 15.6. The Bertz CT molecular complexity index is 1100. The number of aromatic amines is 1. The van der Waals surface area contributed by atoms with Crippen LogP contribution in [0.15, 0.2) is 48.5 Å². The molecule has 1 aromatic heterocycles. The second-order valence-corrected chi connectivity index (χ2v) is 8.76. The number of ether oxygens (including phenoxy) is 1. The lowest BCUT2D eigenvalue weighted by atomic mass is 10.0. The van der Waals surface area contributed by atoms with Crippen molar-refractivity contribution >= 4 is 23.3 Å². The van der Waals surface area contributed by atoms with Gasteiger partial charge >= 0.3 is 0 Å². The minimum absolute atomic E-state index is 0.00956. The van der Waals surface area contributed by atoms with Gasteiger partial charge in [0.05, 0.1) is 5.69 Å². The first-order valence-corrected chi connectivity index (χ1v) is 11.4. The number of nitrogens with zero attached hydrogens (tertiary/aromatic N) is 3. The van der Waals surface area contributed by atoms with Gasteiger partial charge in [0.1, 0.15) is 5.75 Å². The monoisotopic (exact) mass is 452 g/mol. The zero-order chi connectivity index (χ0) is 22.7. The summed E-state index contributed by atoms with van der Waals surface area (Å²) in [4.78, 5) is 17.1. The minimum atomic E-state index is -0.568. The van der Waals surface area contributed by atoms with Gasteiger partial charge in [-0.05, 0) is 68.1 Å². The Balaban J connectivity index is 1.38. The number of anilines is 1. The maximum atomic E-state index is 13.0. The van der Waals surface area contributed by atoms with Gasteiger partial charge in [0, 0.05) is 37.3 Å². The van der Waals surface area contributed by atoms with Gasteiger partial charge in [0.15, 0.2) is 11.9 Å². The van der Waals surface area contributed by atoms with E-state index in [9.17, 15) is 4.79 Å². The maximum Gasteiger partial charge on any atom is 0.263 e. The highest BCUT2D eigenvalue weighted by atomic mass is 35.5. The molecule has 168 valence electrons. The first-order chi connectivity index (χ1) is 15.4. The third-order valence-electron chi connectivity index (χ3n) is 5.97. The summed E-state index contributed by atoms with van der Waals surface area (Å²) in [5.41, 5.74) is 4.67. The molecule has 0 spiro atoms. The van der Waals surface area contributed by atoms with Crippen molar-refractivity contribution in [1.82, 2.24) is 15.1 Å². The van der Waals surface area contributed by atoms with E-state index in [0.29, 0.717) is 23.9 Å². The number of hydrogen-bond acceptors (Lipinski definition) is 4. The van der Waals surface area contributed by atoms with Gasteiger partial charge in [-0.15, -0.1) is 0 Å². The van der Waals surface area contributed by atoms with Gasteiger partial charge in [0.2, 0.25) is 0 Å². The number of amides is 1. The normalized spacial score (nSPS) is 15.4. The molecule has 7 heteroatoms. The van der Waals surface area contributed by atoms with E-state index in [0.717, 1.165) is 36.6 Å². The molecular weight excluding hydrogens is 424 g/mol. The Morgan fingerprint density at radius 1 is 1.06 bits per heavy atom. The summed E-state index contributed by atoms with van der Waals surface area (Å²) < 4.78 is 5.83. The summed E-state index contributed by atoms with van der Waals surface area (Å²) in [6.45, 7) is 8.93. The highest BCUT2D eigenvalue weighted by Gasteiger charge is 2.25. The second kappa shape index (κ2) is 9.65. The van der Waals surface area contributed by atoms with Gasteiger partial charge in [0.25, 0.3) is 5.91 Å². The van der Waals surface area contributed by atoms with Crippen molar-refractivity contribution in [2.75, 3.05) is 31.1 Å². The number of benzene rings is 2. The molecule has 6 nitrogen and oxygen atoms in total. The minimum Gasteiger partial charge on any atom is -0.481 e. The van der Waals surface area contributed by atoms with Crippen molar-refractivity contribution in [3.05, 3.63) is 64.7 Å². The summed E-state index contributed by atoms with van der Waals surface area (Å²) >= 11 is 6.02. The average molecular weight is 453 g/mol. The average Bonchev–Trinajstić information content (AvgIpc) is 3.13. The molecule has 3 aromatic rings. The molecule has 1 N–H and O–H groups in total. The molecule has 1 unspecified atom stereocenters. The number of carbonyl (C=O) groups excluding carboxylic acids is 1. The maximum absolute atomic E-state index is 13.0. The second-order valence-electron chi connectivity index (χ2n) is 8.32. The summed E-state index contributed by atoms with van der Waals surface area (Å²) in [6.07, 6.45) is 0.309. The van der Waals surface area contributed by atoms with Gasteiger partial charge in [-0.3, -0.25) is 9.89 Å². The zero-order valence-electron chi connectivity index (χ0n) is 18.8. The van der Waals surface area contributed by atoms with Crippen LogP contribution in [0.5, 0.6) is 5.75 Å². The number of aryl methyl sites for hydroxylation is 2. The molecule has 32 heavy (non-hydrogen) atoms. The van der Waals surface area contributed by atoms with E-state index >= 15 is 0 Å². The molecule has 2 aromatic carbocycles. The Kier molecular flexibility index (Phi) is 6.70. The topological polar surface area (TPSA) is 61.5 Å². The fourth-order valence-electron chi connectivity index (χ4n) is 3.95. The molecule has 1 aliphatic heterocycles. The molecule has 1 atom stereocenters. The van der Waals surface area contributed by atoms with E-state index in [1.54, 1.807) is 19.1 Å². The van der Waals surface area contributed by atoms with Gasteiger partial charge in [-0.1, -0.05) is 29.8 Å². The van der Waals surface area contributed by atoms with Crippen molar-refractivity contribution in [3.63, 3.8) is 0 Å². The largest absolute Gasteiger partial charge is 0.481 e. The lowest BCUT2D eigenvalue weighted by Gasteiger charge is -2.25. The van der Waals surface area contributed by atoms with Crippen LogP contribution in [0.25, 0.3) is 11.3 Å². The number of carbonyl (C=O) groups is 1. The summed E-state index contributed by atoms with van der Waals surface area (Å²) in [5.74, 6) is 1.51. The van der Waals surface area contributed by atoms with Crippen LogP contribution in [0.1, 0.15) is 24.5 Å². The Hall–Kier alpha value is -2.99.